The molecule has 0 saturated carbocycles. The molecule has 0 aliphatic carbocycles. The summed E-state index contributed by atoms with van der Waals surface area (Å²) in [5, 5.41) is 2.01. The summed E-state index contributed by atoms with van der Waals surface area (Å²) in [5.41, 5.74) is 2.85. The van der Waals surface area contributed by atoms with Crippen molar-refractivity contribution < 1.29 is 19.1 Å². The molecule has 0 aliphatic heterocycles. The van der Waals surface area contributed by atoms with Crippen molar-refractivity contribution in [3.63, 3.8) is 0 Å². The maximum atomic E-state index is 13.5. The van der Waals surface area contributed by atoms with E-state index in [0.717, 1.165) is 23.3 Å². The highest BCUT2D eigenvalue weighted by Gasteiger charge is 2.22. The first kappa shape index (κ1) is 27.3. The molecular formula is C29H36N2O4S. The van der Waals surface area contributed by atoms with Crippen LogP contribution < -0.4 is 9.47 Å². The lowest BCUT2D eigenvalue weighted by Crippen LogP contribution is -2.43. The largest absolute Gasteiger partial charge is 0.493 e. The lowest BCUT2D eigenvalue weighted by Gasteiger charge is -2.27. The van der Waals surface area contributed by atoms with E-state index in [0.29, 0.717) is 43.1 Å². The SMILES string of the molecule is CCCN(CC(=O)N(CCc1ccc(OC)c(OC)c1)Cc1cccs1)C(=O)c1ccc(CC)cc1. The molecule has 0 atom stereocenters. The fourth-order valence-corrected chi connectivity index (χ4v) is 4.75. The molecule has 36 heavy (non-hydrogen) atoms. The number of rotatable bonds is 13. The molecular weight excluding hydrogens is 472 g/mol. The van der Waals surface area contributed by atoms with Gasteiger partial charge in [-0.3, -0.25) is 9.59 Å². The number of hydrogen-bond donors (Lipinski definition) is 0. The van der Waals surface area contributed by atoms with Crippen molar-refractivity contribution in [1.29, 1.82) is 0 Å². The Labute approximate surface area is 218 Å². The quantitative estimate of drug-likeness (QED) is 0.308. The Bertz CT molecular complexity index is 1110. The number of benzene rings is 2. The summed E-state index contributed by atoms with van der Waals surface area (Å²) in [6.07, 6.45) is 2.36. The maximum absolute atomic E-state index is 13.5. The van der Waals surface area contributed by atoms with Crippen molar-refractivity contribution >= 4 is 23.2 Å². The molecule has 2 aromatic carbocycles. The van der Waals surface area contributed by atoms with Gasteiger partial charge in [-0.25, -0.2) is 0 Å². The highest BCUT2D eigenvalue weighted by atomic mass is 32.1. The van der Waals surface area contributed by atoms with E-state index in [9.17, 15) is 9.59 Å². The number of aryl methyl sites for hydroxylation is 1. The summed E-state index contributed by atoms with van der Waals surface area (Å²) in [7, 11) is 3.23. The molecule has 1 heterocycles. The predicted octanol–water partition coefficient (Wildman–Crippen LogP) is 5.45. The van der Waals surface area contributed by atoms with Crippen LogP contribution in [0, 0.1) is 0 Å². The minimum atomic E-state index is -0.108. The van der Waals surface area contributed by atoms with Crippen LogP contribution in [-0.2, 0) is 24.2 Å². The van der Waals surface area contributed by atoms with Crippen LogP contribution in [0.1, 0.15) is 46.6 Å². The Morgan fingerprint density at radius 2 is 1.58 bits per heavy atom. The molecule has 2 amide bonds. The van der Waals surface area contributed by atoms with E-state index in [1.807, 2.05) is 71.8 Å². The molecule has 0 fully saturated rings. The van der Waals surface area contributed by atoms with Gasteiger partial charge in [0.05, 0.1) is 20.8 Å². The number of hydrogen-bond acceptors (Lipinski definition) is 5. The number of ether oxygens (including phenoxy) is 2. The minimum absolute atomic E-state index is 0.0551. The minimum Gasteiger partial charge on any atom is -0.493 e. The first-order valence-corrected chi connectivity index (χ1v) is 13.3. The Morgan fingerprint density at radius 1 is 0.861 bits per heavy atom. The van der Waals surface area contributed by atoms with E-state index in [1.54, 1.807) is 30.5 Å². The average molecular weight is 509 g/mol. The lowest BCUT2D eigenvalue weighted by molar-refractivity contribution is -0.132. The van der Waals surface area contributed by atoms with Crippen LogP contribution >= 0.6 is 11.3 Å². The van der Waals surface area contributed by atoms with Crippen LogP contribution in [0.3, 0.4) is 0 Å². The summed E-state index contributed by atoms with van der Waals surface area (Å²) >= 11 is 1.63. The molecule has 3 aromatic rings. The van der Waals surface area contributed by atoms with Crippen molar-refractivity contribution in [3.05, 3.63) is 81.5 Å². The van der Waals surface area contributed by atoms with E-state index in [4.69, 9.17) is 9.47 Å². The monoisotopic (exact) mass is 508 g/mol. The summed E-state index contributed by atoms with van der Waals surface area (Å²) in [5.74, 6) is 1.17. The number of amides is 2. The van der Waals surface area contributed by atoms with Crippen molar-refractivity contribution in [3.8, 4) is 11.5 Å². The van der Waals surface area contributed by atoms with Gasteiger partial charge in [0.25, 0.3) is 5.91 Å². The highest BCUT2D eigenvalue weighted by molar-refractivity contribution is 7.09. The van der Waals surface area contributed by atoms with Gasteiger partial charge in [0.1, 0.15) is 6.54 Å². The van der Waals surface area contributed by atoms with Gasteiger partial charge >= 0.3 is 0 Å². The fourth-order valence-electron chi connectivity index (χ4n) is 4.03. The Balaban J connectivity index is 1.75. The van der Waals surface area contributed by atoms with Gasteiger partial charge in [-0.15, -0.1) is 11.3 Å². The van der Waals surface area contributed by atoms with Crippen molar-refractivity contribution in [2.24, 2.45) is 0 Å². The zero-order valence-corrected chi connectivity index (χ0v) is 22.5. The number of methoxy groups -OCH3 is 2. The first-order chi connectivity index (χ1) is 17.5. The zero-order valence-electron chi connectivity index (χ0n) is 21.7. The molecule has 0 radical (unpaired) electrons. The molecule has 192 valence electrons. The van der Waals surface area contributed by atoms with E-state index in [1.165, 1.54) is 5.56 Å². The zero-order chi connectivity index (χ0) is 25.9. The van der Waals surface area contributed by atoms with Crippen molar-refractivity contribution in [1.82, 2.24) is 9.80 Å². The second-order valence-electron chi connectivity index (χ2n) is 8.61. The van der Waals surface area contributed by atoms with Crippen molar-refractivity contribution in [2.75, 3.05) is 33.9 Å². The smallest absolute Gasteiger partial charge is 0.254 e. The molecule has 0 bridgehead atoms. The highest BCUT2D eigenvalue weighted by Crippen LogP contribution is 2.28. The van der Waals surface area contributed by atoms with E-state index in [2.05, 4.69) is 6.92 Å². The second kappa shape index (κ2) is 13.7. The molecule has 3 rings (SSSR count). The Kier molecular flexibility index (Phi) is 10.4. The third kappa shape index (κ3) is 7.34. The van der Waals surface area contributed by atoms with Gasteiger partial charge in [0, 0.05) is 23.5 Å². The van der Waals surface area contributed by atoms with Gasteiger partial charge < -0.3 is 19.3 Å². The van der Waals surface area contributed by atoms with Crippen LogP contribution in [0.2, 0.25) is 0 Å². The Hall–Kier alpha value is -3.32. The third-order valence-corrected chi connectivity index (χ3v) is 6.97. The predicted molar refractivity (Wildman–Crippen MR) is 145 cm³/mol. The van der Waals surface area contributed by atoms with Crippen LogP contribution in [0.15, 0.2) is 60.0 Å². The first-order valence-electron chi connectivity index (χ1n) is 12.4. The maximum Gasteiger partial charge on any atom is 0.254 e. The molecule has 0 aliphatic rings. The molecule has 7 heteroatoms. The van der Waals surface area contributed by atoms with Crippen LogP contribution in [0.25, 0.3) is 0 Å². The van der Waals surface area contributed by atoms with E-state index in [-0.39, 0.29) is 18.4 Å². The van der Waals surface area contributed by atoms with Crippen LogP contribution in [0.5, 0.6) is 11.5 Å². The van der Waals surface area contributed by atoms with E-state index < -0.39 is 0 Å². The summed E-state index contributed by atoms with van der Waals surface area (Å²) in [6, 6.07) is 17.5. The number of carbonyl (C=O) groups is 2. The Morgan fingerprint density at radius 3 is 2.19 bits per heavy atom. The van der Waals surface area contributed by atoms with Crippen molar-refractivity contribution in [2.45, 2.75) is 39.7 Å². The molecule has 0 saturated heterocycles. The van der Waals surface area contributed by atoms with Gasteiger partial charge in [-0.05, 0) is 66.1 Å². The third-order valence-electron chi connectivity index (χ3n) is 6.11. The van der Waals surface area contributed by atoms with Crippen LogP contribution in [0.4, 0.5) is 0 Å². The summed E-state index contributed by atoms with van der Waals surface area (Å²) in [4.78, 5) is 31.4. The summed E-state index contributed by atoms with van der Waals surface area (Å²) in [6.45, 7) is 5.74. The number of carbonyl (C=O) groups excluding carboxylic acids is 2. The van der Waals surface area contributed by atoms with Gasteiger partial charge in [-0.2, -0.15) is 0 Å². The molecule has 6 nitrogen and oxygen atoms in total. The molecule has 0 unspecified atom stereocenters. The average Bonchev–Trinajstić information content (AvgIpc) is 3.43. The fraction of sp³-hybridized carbons (Fsp3) is 0.379. The van der Waals surface area contributed by atoms with Gasteiger partial charge in [0.15, 0.2) is 11.5 Å². The molecule has 0 spiro atoms. The van der Waals surface area contributed by atoms with E-state index >= 15 is 0 Å². The normalized spacial score (nSPS) is 10.7. The molecule has 0 N–H and O–H groups in total. The second-order valence-corrected chi connectivity index (χ2v) is 9.64. The molecule has 1 aromatic heterocycles. The summed E-state index contributed by atoms with van der Waals surface area (Å²) < 4.78 is 10.8. The van der Waals surface area contributed by atoms with Gasteiger partial charge in [-0.1, -0.05) is 38.1 Å². The standard InChI is InChI=1S/C29H36N2O4S/c1-5-16-31(29(33)24-12-9-22(6-2)10-13-24)21-28(32)30(20-25-8-7-18-36-25)17-15-23-11-14-26(34-3)27(19-23)35-4/h7-14,18-19H,5-6,15-17,20-21H2,1-4H3. The number of thiophene rings is 1. The van der Waals surface area contributed by atoms with Gasteiger partial charge in [0.2, 0.25) is 5.91 Å². The van der Waals surface area contributed by atoms with Crippen LogP contribution in [-0.4, -0.2) is 55.5 Å². The lowest BCUT2D eigenvalue weighted by atomic mass is 10.1. The number of nitrogens with zero attached hydrogens (tertiary/aromatic N) is 2. The topological polar surface area (TPSA) is 59.1 Å².